The van der Waals surface area contributed by atoms with E-state index in [9.17, 15) is 21.6 Å². The van der Waals surface area contributed by atoms with Crippen molar-refractivity contribution in [1.29, 1.82) is 0 Å². The molecule has 15 heteroatoms. The van der Waals surface area contributed by atoms with Gasteiger partial charge in [-0.15, -0.1) is 0 Å². The highest BCUT2D eigenvalue weighted by molar-refractivity contribution is 7.92. The molecular formula is C33H39ClN6O6S2. The summed E-state index contributed by atoms with van der Waals surface area (Å²) in [6.07, 6.45) is 5.37. The van der Waals surface area contributed by atoms with Gasteiger partial charge in [-0.25, -0.2) is 26.6 Å². The van der Waals surface area contributed by atoms with Gasteiger partial charge in [0, 0.05) is 55.0 Å². The van der Waals surface area contributed by atoms with E-state index in [1.807, 2.05) is 36.4 Å². The van der Waals surface area contributed by atoms with Crippen molar-refractivity contribution in [2.75, 3.05) is 45.3 Å². The minimum absolute atomic E-state index is 0. The Bertz CT molecular complexity index is 1900. The third-order valence-corrected chi connectivity index (χ3v) is 8.80. The van der Waals surface area contributed by atoms with E-state index in [4.69, 9.17) is 16.3 Å². The van der Waals surface area contributed by atoms with Crippen LogP contribution in [0.3, 0.4) is 0 Å². The Hall–Kier alpha value is -4.37. The largest absolute Gasteiger partial charge is 0.439 e. The summed E-state index contributed by atoms with van der Waals surface area (Å²) in [4.78, 5) is 22.2. The van der Waals surface area contributed by atoms with Gasteiger partial charge in [-0.1, -0.05) is 43.3 Å². The van der Waals surface area contributed by atoms with Crippen molar-refractivity contribution in [3.63, 3.8) is 0 Å². The van der Waals surface area contributed by atoms with Gasteiger partial charge in [0.05, 0.1) is 23.2 Å². The van der Waals surface area contributed by atoms with Crippen LogP contribution in [0.15, 0.2) is 91.1 Å². The Kier molecular flexibility index (Phi) is 11.9. The van der Waals surface area contributed by atoms with Gasteiger partial charge in [-0.05, 0) is 73.0 Å². The summed E-state index contributed by atoms with van der Waals surface area (Å²) in [5, 5.41) is 3.13. The number of sulfonamides is 2. The maximum Gasteiger partial charge on any atom is 0.326 e. The third-order valence-electron chi connectivity index (χ3n) is 7.27. The number of aromatic nitrogens is 1. The molecule has 0 radical (unpaired) electrons. The molecule has 12 nitrogen and oxygen atoms in total. The van der Waals surface area contributed by atoms with Gasteiger partial charge in [-0.2, -0.15) is 0 Å². The van der Waals surface area contributed by atoms with Crippen LogP contribution in [0.25, 0.3) is 0 Å². The SMILES string of the molecule is C.CS(=O)(=O)Nc1ccc(Oc2ccc(CN3CCC(N(C(=O)Nc4ccc(Cl)c(NS(C)(=O)=O)c4)c4ccccc4)CC3)cn2)cc1. The molecule has 1 aromatic heterocycles. The number of hydrogen-bond donors (Lipinski definition) is 3. The van der Waals surface area contributed by atoms with Crippen molar-refractivity contribution < 1.29 is 26.4 Å². The number of hydrogen-bond acceptors (Lipinski definition) is 8. The van der Waals surface area contributed by atoms with Crippen LogP contribution in [0.2, 0.25) is 5.02 Å². The lowest BCUT2D eigenvalue weighted by Crippen LogP contribution is -2.49. The topological polar surface area (TPSA) is 150 Å². The number of urea groups is 1. The lowest BCUT2D eigenvalue weighted by Gasteiger charge is -2.38. The van der Waals surface area contributed by atoms with Gasteiger partial charge in [0.25, 0.3) is 0 Å². The van der Waals surface area contributed by atoms with Gasteiger partial charge in [0.2, 0.25) is 25.9 Å². The number of piperidine rings is 1. The summed E-state index contributed by atoms with van der Waals surface area (Å²) < 4.78 is 56.9. The minimum atomic E-state index is -3.56. The van der Waals surface area contributed by atoms with Crippen molar-refractivity contribution >= 4 is 60.4 Å². The predicted octanol–water partition coefficient (Wildman–Crippen LogP) is 6.61. The molecule has 2 heterocycles. The first kappa shape index (κ1) is 36.5. The molecule has 2 amide bonds. The highest BCUT2D eigenvalue weighted by atomic mass is 35.5. The number of carbonyl (C=O) groups excluding carboxylic acids is 1. The Morgan fingerprint density at radius 1 is 0.896 bits per heavy atom. The van der Waals surface area contributed by atoms with Crippen molar-refractivity contribution in [2.45, 2.75) is 32.9 Å². The number of carbonyl (C=O) groups is 1. The highest BCUT2D eigenvalue weighted by Gasteiger charge is 2.29. The maximum absolute atomic E-state index is 13.7. The molecule has 1 aliphatic rings. The number of likely N-dealkylation sites (tertiary alicyclic amines) is 1. The van der Waals surface area contributed by atoms with E-state index in [2.05, 4.69) is 24.6 Å². The van der Waals surface area contributed by atoms with Gasteiger partial charge in [0.15, 0.2) is 0 Å². The number of ether oxygens (including phenoxy) is 1. The molecule has 4 aromatic rings. The zero-order valence-electron chi connectivity index (χ0n) is 25.8. The molecule has 1 aliphatic heterocycles. The highest BCUT2D eigenvalue weighted by Crippen LogP contribution is 2.29. The van der Waals surface area contributed by atoms with Crippen LogP contribution in [0.5, 0.6) is 11.6 Å². The summed E-state index contributed by atoms with van der Waals surface area (Å²) in [5.41, 5.74) is 2.80. The van der Waals surface area contributed by atoms with Crippen molar-refractivity contribution in [2.24, 2.45) is 0 Å². The summed E-state index contributed by atoms with van der Waals surface area (Å²) in [5.74, 6) is 0.946. The minimum Gasteiger partial charge on any atom is -0.439 e. The normalized spacial score (nSPS) is 14.0. The van der Waals surface area contributed by atoms with E-state index in [0.717, 1.165) is 49.7 Å². The number of nitrogens with one attached hydrogen (secondary N) is 3. The second kappa shape index (κ2) is 15.7. The number of rotatable bonds is 11. The molecule has 0 spiro atoms. The summed E-state index contributed by atoms with van der Waals surface area (Å²) in [6.45, 7) is 2.21. The van der Waals surface area contributed by atoms with Gasteiger partial charge < -0.3 is 10.1 Å². The molecule has 256 valence electrons. The average molecular weight is 715 g/mol. The Labute approximate surface area is 287 Å². The van der Waals surface area contributed by atoms with Gasteiger partial charge in [-0.3, -0.25) is 19.2 Å². The van der Waals surface area contributed by atoms with Gasteiger partial charge >= 0.3 is 6.03 Å². The van der Waals surface area contributed by atoms with E-state index in [1.54, 1.807) is 47.5 Å². The molecule has 0 aliphatic carbocycles. The van der Waals surface area contributed by atoms with E-state index in [1.165, 1.54) is 12.1 Å². The molecule has 0 saturated carbocycles. The fourth-order valence-electron chi connectivity index (χ4n) is 5.23. The smallest absolute Gasteiger partial charge is 0.326 e. The van der Waals surface area contributed by atoms with Crippen LogP contribution >= 0.6 is 11.6 Å². The van der Waals surface area contributed by atoms with E-state index >= 15 is 0 Å². The van der Waals surface area contributed by atoms with Crippen LogP contribution in [0.1, 0.15) is 25.8 Å². The van der Waals surface area contributed by atoms with E-state index in [0.29, 0.717) is 29.5 Å². The lowest BCUT2D eigenvalue weighted by molar-refractivity contribution is 0.199. The third kappa shape index (κ3) is 10.6. The second-order valence-corrected chi connectivity index (χ2v) is 15.1. The number of anilines is 4. The zero-order valence-corrected chi connectivity index (χ0v) is 28.1. The summed E-state index contributed by atoms with van der Waals surface area (Å²) in [7, 11) is -6.92. The number of nitrogens with zero attached hydrogens (tertiary/aromatic N) is 3. The molecule has 0 atom stereocenters. The number of amides is 2. The second-order valence-electron chi connectivity index (χ2n) is 11.2. The van der Waals surface area contributed by atoms with Crippen LogP contribution in [0, 0.1) is 0 Å². The molecule has 3 aromatic carbocycles. The van der Waals surface area contributed by atoms with E-state index in [-0.39, 0.29) is 30.2 Å². The number of pyridine rings is 1. The predicted molar refractivity (Wildman–Crippen MR) is 192 cm³/mol. The first-order chi connectivity index (χ1) is 22.3. The molecule has 5 rings (SSSR count). The number of para-hydroxylation sites is 1. The monoisotopic (exact) mass is 714 g/mol. The quantitative estimate of drug-likeness (QED) is 0.157. The first-order valence-corrected chi connectivity index (χ1v) is 18.8. The Balaban J connectivity index is 0.00000520. The van der Waals surface area contributed by atoms with Crippen LogP contribution in [-0.4, -0.2) is 64.4 Å². The summed E-state index contributed by atoms with van der Waals surface area (Å²) in [6, 6.07) is 24.0. The molecule has 48 heavy (non-hydrogen) atoms. The lowest BCUT2D eigenvalue weighted by atomic mass is 10.0. The van der Waals surface area contributed by atoms with Crippen molar-refractivity contribution in [3.8, 4) is 11.6 Å². The fraction of sp³-hybridized carbons (Fsp3) is 0.273. The number of halogens is 1. The van der Waals surface area contributed by atoms with Crippen molar-refractivity contribution in [1.82, 2.24) is 9.88 Å². The first-order valence-electron chi connectivity index (χ1n) is 14.7. The van der Waals surface area contributed by atoms with Crippen LogP contribution < -0.4 is 24.4 Å². The molecule has 1 fully saturated rings. The van der Waals surface area contributed by atoms with E-state index < -0.39 is 20.0 Å². The summed E-state index contributed by atoms with van der Waals surface area (Å²) >= 11 is 6.17. The molecule has 0 bridgehead atoms. The average Bonchev–Trinajstić information content (AvgIpc) is 3.01. The molecule has 3 N–H and O–H groups in total. The molecule has 0 unspecified atom stereocenters. The molecular weight excluding hydrogens is 676 g/mol. The number of benzene rings is 3. The standard InChI is InChI=1S/C32H35ClN6O6S2.CH4/c1-46(41,42)36-24-9-12-28(13-10-24)45-31-15-8-23(21-34-31)22-38-18-16-27(17-19-38)39(26-6-4-3-5-7-26)32(40)35-25-11-14-29(33)30(20-25)37-47(2,43)44;/h3-15,20-21,27,36-37H,16-19,22H2,1-2H3,(H,35,40);1H4. The fourth-order valence-corrected chi connectivity index (χ4v) is 6.59. The Morgan fingerprint density at radius 3 is 2.15 bits per heavy atom. The Morgan fingerprint density at radius 2 is 1.54 bits per heavy atom. The van der Waals surface area contributed by atoms with Gasteiger partial charge in [0.1, 0.15) is 5.75 Å². The van der Waals surface area contributed by atoms with Crippen LogP contribution in [0.4, 0.5) is 27.5 Å². The van der Waals surface area contributed by atoms with Crippen molar-refractivity contribution in [3.05, 3.63) is 102 Å². The van der Waals surface area contributed by atoms with Crippen LogP contribution in [-0.2, 0) is 26.6 Å². The maximum atomic E-state index is 13.7. The zero-order chi connectivity index (χ0) is 33.6. The molecule has 1 saturated heterocycles.